The van der Waals surface area contributed by atoms with Gasteiger partial charge in [-0.25, -0.2) is 14.2 Å². The second-order valence-electron chi connectivity index (χ2n) is 8.27. The van der Waals surface area contributed by atoms with E-state index in [2.05, 4.69) is 21.3 Å². The van der Waals surface area contributed by atoms with Gasteiger partial charge in [0.1, 0.15) is 12.1 Å². The van der Waals surface area contributed by atoms with Crippen LogP contribution >= 0.6 is 0 Å². The van der Waals surface area contributed by atoms with Crippen molar-refractivity contribution < 1.29 is 19.0 Å². The molecule has 3 heterocycles. The number of pyridine rings is 1. The first-order chi connectivity index (χ1) is 15.4. The van der Waals surface area contributed by atoms with Gasteiger partial charge in [0.25, 0.3) is 5.82 Å². The van der Waals surface area contributed by atoms with Crippen LogP contribution in [-0.2, 0) is 16.0 Å². The molecule has 168 valence electrons. The molecule has 9 nitrogen and oxygen atoms in total. The third-order valence-corrected chi connectivity index (χ3v) is 6.20. The molecular weight excluding hydrogens is 408 g/mol. The Hall–Kier alpha value is -3.46. The van der Waals surface area contributed by atoms with E-state index >= 15 is 0 Å². The number of carbonyl (C=O) groups excluding carboxylic acids is 3. The Morgan fingerprint density at radius 2 is 1.94 bits per heavy atom. The molecule has 0 radical (unpaired) electrons. The molecule has 0 saturated heterocycles. The van der Waals surface area contributed by atoms with Crippen molar-refractivity contribution in [3.05, 3.63) is 54.2 Å². The fourth-order valence-electron chi connectivity index (χ4n) is 4.31. The molecule has 4 atom stereocenters. The van der Waals surface area contributed by atoms with Gasteiger partial charge in [-0.1, -0.05) is 18.2 Å². The summed E-state index contributed by atoms with van der Waals surface area (Å²) in [7, 11) is 1.70. The molecule has 0 aliphatic carbocycles. The Labute approximate surface area is 187 Å². The number of likely N-dealkylation sites (N-methyl/N-ethyl adjacent to an activating group) is 1. The van der Waals surface area contributed by atoms with Crippen molar-refractivity contribution in [3.8, 4) is 0 Å². The van der Waals surface area contributed by atoms with Gasteiger partial charge in [0.2, 0.25) is 5.91 Å². The molecule has 1 aromatic carbocycles. The summed E-state index contributed by atoms with van der Waals surface area (Å²) in [5, 5.41) is 11.5. The summed E-state index contributed by atoms with van der Waals surface area (Å²) >= 11 is 0. The first-order valence-electron chi connectivity index (χ1n) is 10.8. The number of para-hydroxylation sites is 1. The van der Waals surface area contributed by atoms with Crippen LogP contribution in [0.15, 0.2) is 48.7 Å². The van der Waals surface area contributed by atoms with Crippen LogP contribution < -0.4 is 30.7 Å². The van der Waals surface area contributed by atoms with Gasteiger partial charge in [-0.3, -0.25) is 4.79 Å². The van der Waals surface area contributed by atoms with Crippen LogP contribution in [0, 0.1) is 0 Å². The molecule has 0 saturated carbocycles. The third kappa shape index (κ3) is 4.03. The lowest BCUT2D eigenvalue weighted by Gasteiger charge is -2.33. The highest BCUT2D eigenvalue weighted by molar-refractivity contribution is 6.01. The van der Waals surface area contributed by atoms with Crippen molar-refractivity contribution in [1.82, 2.24) is 16.0 Å². The van der Waals surface area contributed by atoms with Crippen molar-refractivity contribution in [3.63, 3.8) is 0 Å². The monoisotopic (exact) mass is 437 g/mol. The number of anilines is 2. The minimum absolute atomic E-state index is 0.158. The first-order valence-corrected chi connectivity index (χ1v) is 10.8. The topological polar surface area (TPSA) is 106 Å². The Balaban J connectivity index is 1.51. The Morgan fingerprint density at radius 3 is 2.66 bits per heavy atom. The largest absolute Gasteiger partial charge is 0.337 e. The second-order valence-corrected chi connectivity index (χ2v) is 8.27. The lowest BCUT2D eigenvalue weighted by atomic mass is 10.0. The molecule has 2 aliphatic rings. The van der Waals surface area contributed by atoms with E-state index in [0.717, 1.165) is 11.4 Å². The number of nitrogens with zero attached hydrogens (tertiary/aromatic N) is 2. The molecule has 0 bridgehead atoms. The van der Waals surface area contributed by atoms with Gasteiger partial charge >= 0.3 is 11.9 Å². The number of carbonyl (C=O) groups is 3. The van der Waals surface area contributed by atoms with Gasteiger partial charge < -0.3 is 21.3 Å². The van der Waals surface area contributed by atoms with Crippen LogP contribution in [-0.4, -0.2) is 49.6 Å². The maximum absolute atomic E-state index is 13.5. The van der Waals surface area contributed by atoms with E-state index in [1.165, 1.54) is 0 Å². The van der Waals surface area contributed by atoms with Crippen molar-refractivity contribution in [2.45, 2.75) is 44.4 Å². The molecule has 4 rings (SSSR count). The molecule has 2 aromatic rings. The second kappa shape index (κ2) is 8.96. The zero-order valence-electron chi connectivity index (χ0n) is 18.5. The highest BCUT2D eigenvalue weighted by Crippen LogP contribution is 2.34. The third-order valence-electron chi connectivity index (χ3n) is 6.20. The van der Waals surface area contributed by atoms with Gasteiger partial charge in [0, 0.05) is 17.7 Å². The molecule has 4 amide bonds. The summed E-state index contributed by atoms with van der Waals surface area (Å²) in [6.45, 7) is 3.98. The normalized spacial score (nSPS) is 22.2. The fraction of sp³-hybridized carbons (Fsp3) is 0.391. The molecule has 0 spiro atoms. The van der Waals surface area contributed by atoms with E-state index in [-0.39, 0.29) is 29.9 Å². The standard InChI is InChI=1S/C23H28N6O3/c1-14(24-3)20(30)27-19-15(2)28-11-7-8-16-12-18(29(21(16)28)22(19)31)13-25-23(32)26-17-9-5-4-6-10-17/h4-11,14-15,18-19,24H,12-13H2,1-3H3,(H2-,25,26,27,30,32)/p+1. The van der Waals surface area contributed by atoms with E-state index in [9.17, 15) is 14.4 Å². The van der Waals surface area contributed by atoms with Crippen molar-refractivity contribution in [1.29, 1.82) is 0 Å². The first kappa shape index (κ1) is 21.8. The zero-order chi connectivity index (χ0) is 22.8. The number of rotatable bonds is 6. The van der Waals surface area contributed by atoms with Gasteiger partial charge in [-0.2, -0.15) is 4.90 Å². The average Bonchev–Trinajstić information content (AvgIpc) is 3.18. The van der Waals surface area contributed by atoms with Crippen LogP contribution in [0.3, 0.4) is 0 Å². The molecule has 0 fully saturated rings. The molecular formula is C23H29N6O3+. The number of aromatic nitrogens is 1. The zero-order valence-corrected chi connectivity index (χ0v) is 18.5. The van der Waals surface area contributed by atoms with Gasteiger partial charge in [-0.05, 0) is 45.2 Å². The summed E-state index contributed by atoms with van der Waals surface area (Å²) in [5.74, 6) is 0.454. The minimum atomic E-state index is -0.690. The Bertz CT molecular complexity index is 1030. The fourth-order valence-corrected chi connectivity index (χ4v) is 4.31. The van der Waals surface area contributed by atoms with Gasteiger partial charge in [-0.15, -0.1) is 0 Å². The smallest absolute Gasteiger partial charge is 0.336 e. The summed E-state index contributed by atoms with van der Waals surface area (Å²) in [4.78, 5) is 40.1. The highest BCUT2D eigenvalue weighted by atomic mass is 16.2. The van der Waals surface area contributed by atoms with Crippen molar-refractivity contribution >= 4 is 29.4 Å². The van der Waals surface area contributed by atoms with Gasteiger partial charge in [0.05, 0.1) is 18.8 Å². The van der Waals surface area contributed by atoms with E-state index in [1.54, 1.807) is 18.9 Å². The maximum Gasteiger partial charge on any atom is 0.336 e. The van der Waals surface area contributed by atoms with E-state index in [0.29, 0.717) is 18.7 Å². The van der Waals surface area contributed by atoms with E-state index < -0.39 is 12.1 Å². The van der Waals surface area contributed by atoms with Crippen LogP contribution in [0.25, 0.3) is 0 Å². The number of hydrogen-bond donors (Lipinski definition) is 4. The average molecular weight is 438 g/mol. The molecule has 2 aliphatic heterocycles. The van der Waals surface area contributed by atoms with Crippen LogP contribution in [0.4, 0.5) is 16.3 Å². The summed E-state index contributed by atoms with van der Waals surface area (Å²) in [6.07, 6.45) is 2.56. The molecule has 1 aromatic heterocycles. The van der Waals surface area contributed by atoms with Crippen molar-refractivity contribution in [2.24, 2.45) is 0 Å². The molecule has 32 heavy (non-hydrogen) atoms. The summed E-state index contributed by atoms with van der Waals surface area (Å²) in [6, 6.07) is 11.3. The Morgan fingerprint density at radius 1 is 1.19 bits per heavy atom. The lowest BCUT2D eigenvalue weighted by molar-refractivity contribution is -0.710. The number of benzene rings is 1. The molecule has 4 N–H and O–H groups in total. The minimum Gasteiger partial charge on any atom is -0.337 e. The van der Waals surface area contributed by atoms with Crippen LogP contribution in [0.1, 0.15) is 25.5 Å². The van der Waals surface area contributed by atoms with Crippen molar-refractivity contribution in [2.75, 3.05) is 23.8 Å². The summed E-state index contributed by atoms with van der Waals surface area (Å²) in [5.41, 5.74) is 1.75. The Kier molecular flexibility index (Phi) is 6.09. The predicted molar refractivity (Wildman–Crippen MR) is 120 cm³/mol. The van der Waals surface area contributed by atoms with Gasteiger partial charge in [0.15, 0.2) is 6.04 Å². The lowest BCUT2D eigenvalue weighted by Crippen LogP contribution is -2.67. The van der Waals surface area contributed by atoms with E-state index in [1.807, 2.05) is 60.2 Å². The maximum atomic E-state index is 13.5. The number of urea groups is 1. The molecule has 4 unspecified atom stereocenters. The summed E-state index contributed by atoms with van der Waals surface area (Å²) < 4.78 is 2.04. The van der Waals surface area contributed by atoms with E-state index in [4.69, 9.17) is 0 Å². The quantitative estimate of drug-likeness (QED) is 0.500. The number of amides is 4. The SMILES string of the molecule is CNC(C)C(=O)NC1C(=O)N2c3c(ccc[n+]3C1C)CC2CNC(=O)Nc1ccccc1. The van der Waals surface area contributed by atoms with Crippen LogP contribution in [0.5, 0.6) is 0 Å². The highest BCUT2D eigenvalue weighted by Gasteiger charge is 2.53. The predicted octanol–water partition coefficient (Wildman–Crippen LogP) is 0.721. The number of nitrogens with one attached hydrogen (secondary N) is 4. The van der Waals surface area contributed by atoms with Crippen LogP contribution in [0.2, 0.25) is 0 Å². The molecule has 9 heteroatoms. The number of hydrogen-bond acceptors (Lipinski definition) is 4.